The first-order chi connectivity index (χ1) is 14.4. The highest BCUT2D eigenvalue weighted by molar-refractivity contribution is 5.96. The van der Waals surface area contributed by atoms with Crippen LogP contribution in [0.4, 0.5) is 4.39 Å². The zero-order valence-corrected chi connectivity index (χ0v) is 16.7. The largest absolute Gasteiger partial charge is 0.488 e. The molecule has 0 saturated heterocycles. The topological polar surface area (TPSA) is 80.3 Å². The maximum absolute atomic E-state index is 12.9. The molecule has 2 N–H and O–H groups in total. The Kier molecular flexibility index (Phi) is 6.75. The summed E-state index contributed by atoms with van der Waals surface area (Å²) in [6.45, 7) is 4.09. The van der Waals surface area contributed by atoms with Crippen molar-refractivity contribution in [2.45, 2.75) is 26.9 Å². The third-order valence-corrected chi connectivity index (χ3v) is 4.42. The third-order valence-electron chi connectivity index (χ3n) is 4.42. The quantitative estimate of drug-likeness (QED) is 0.614. The number of pyridine rings is 1. The Morgan fingerprint density at radius 3 is 2.33 bits per heavy atom. The summed E-state index contributed by atoms with van der Waals surface area (Å²) in [5.74, 6) is -0.505. The minimum Gasteiger partial charge on any atom is -0.488 e. The van der Waals surface area contributed by atoms with E-state index in [1.165, 1.54) is 24.3 Å². The summed E-state index contributed by atoms with van der Waals surface area (Å²) in [5, 5.41) is 0. The Hall–Kier alpha value is -3.74. The van der Waals surface area contributed by atoms with E-state index >= 15 is 0 Å². The van der Waals surface area contributed by atoms with Crippen LogP contribution in [0.25, 0.3) is 0 Å². The molecule has 0 radical (unpaired) electrons. The number of carbonyl (C=O) groups is 2. The number of halogens is 1. The standard InChI is InChI=1S/C23H22FN3O3/c1-15-10-19(11-16(2)22(15)30-14-18-4-3-9-25-13-18)23(29)27-26-21(28)12-17-5-7-20(24)8-6-17/h3-11,13H,12,14H2,1-2H3,(H,26,28)(H,27,29). The molecular formula is C23H22FN3O3. The highest BCUT2D eigenvalue weighted by atomic mass is 19.1. The molecule has 0 aliphatic heterocycles. The lowest BCUT2D eigenvalue weighted by atomic mass is 10.1. The Balaban J connectivity index is 1.57. The van der Waals surface area contributed by atoms with Crippen molar-refractivity contribution in [2.24, 2.45) is 0 Å². The molecule has 3 aromatic rings. The molecular weight excluding hydrogens is 385 g/mol. The van der Waals surface area contributed by atoms with Crippen molar-refractivity contribution in [2.75, 3.05) is 0 Å². The van der Waals surface area contributed by atoms with Crippen molar-refractivity contribution in [1.82, 2.24) is 15.8 Å². The van der Waals surface area contributed by atoms with Crippen LogP contribution in [0.15, 0.2) is 60.9 Å². The molecule has 30 heavy (non-hydrogen) atoms. The monoisotopic (exact) mass is 407 g/mol. The number of ether oxygens (including phenoxy) is 1. The number of amides is 2. The fourth-order valence-corrected chi connectivity index (χ4v) is 2.98. The van der Waals surface area contributed by atoms with Crippen LogP contribution < -0.4 is 15.6 Å². The number of hydrogen-bond acceptors (Lipinski definition) is 4. The van der Waals surface area contributed by atoms with Crippen molar-refractivity contribution in [3.05, 3.63) is 94.6 Å². The average molecular weight is 407 g/mol. The molecule has 3 rings (SSSR count). The van der Waals surface area contributed by atoms with E-state index in [0.29, 0.717) is 23.5 Å². The van der Waals surface area contributed by atoms with Gasteiger partial charge in [-0.1, -0.05) is 18.2 Å². The first kappa shape index (κ1) is 21.0. The first-order valence-electron chi connectivity index (χ1n) is 9.39. The van der Waals surface area contributed by atoms with Gasteiger partial charge in [-0.05, 0) is 60.9 Å². The Morgan fingerprint density at radius 2 is 1.70 bits per heavy atom. The summed E-state index contributed by atoms with van der Waals surface area (Å²) in [6.07, 6.45) is 3.46. The van der Waals surface area contributed by atoms with E-state index in [2.05, 4.69) is 15.8 Å². The number of hydrazine groups is 1. The maximum atomic E-state index is 12.9. The Labute approximate surface area is 174 Å². The van der Waals surface area contributed by atoms with Crippen molar-refractivity contribution >= 4 is 11.8 Å². The highest BCUT2D eigenvalue weighted by Gasteiger charge is 2.13. The van der Waals surface area contributed by atoms with Gasteiger partial charge in [-0.15, -0.1) is 0 Å². The summed E-state index contributed by atoms with van der Waals surface area (Å²) in [4.78, 5) is 28.5. The van der Waals surface area contributed by atoms with E-state index < -0.39 is 11.8 Å². The molecule has 6 nitrogen and oxygen atoms in total. The minimum absolute atomic E-state index is 0.0275. The number of nitrogens with zero attached hydrogens (tertiary/aromatic N) is 1. The highest BCUT2D eigenvalue weighted by Crippen LogP contribution is 2.25. The van der Waals surface area contributed by atoms with Crippen LogP contribution in [-0.4, -0.2) is 16.8 Å². The van der Waals surface area contributed by atoms with E-state index in [4.69, 9.17) is 4.74 Å². The predicted molar refractivity (Wildman–Crippen MR) is 110 cm³/mol. The fraction of sp³-hybridized carbons (Fsp3) is 0.174. The summed E-state index contributed by atoms with van der Waals surface area (Å²) >= 11 is 0. The zero-order valence-electron chi connectivity index (χ0n) is 16.7. The van der Waals surface area contributed by atoms with Crippen molar-refractivity contribution in [1.29, 1.82) is 0 Å². The average Bonchev–Trinajstić information content (AvgIpc) is 2.73. The number of nitrogens with one attached hydrogen (secondary N) is 2. The van der Waals surface area contributed by atoms with Gasteiger partial charge < -0.3 is 4.74 Å². The molecule has 0 atom stereocenters. The van der Waals surface area contributed by atoms with Gasteiger partial charge in [0.15, 0.2) is 0 Å². The van der Waals surface area contributed by atoms with Crippen LogP contribution in [0, 0.1) is 19.7 Å². The van der Waals surface area contributed by atoms with Crippen molar-refractivity contribution in [3.8, 4) is 5.75 Å². The van der Waals surface area contributed by atoms with E-state index in [1.807, 2.05) is 26.0 Å². The van der Waals surface area contributed by atoms with Crippen molar-refractivity contribution in [3.63, 3.8) is 0 Å². The number of benzene rings is 2. The molecule has 0 aliphatic carbocycles. The third kappa shape index (κ3) is 5.64. The number of hydrogen-bond donors (Lipinski definition) is 2. The van der Waals surface area contributed by atoms with E-state index in [1.54, 1.807) is 24.5 Å². The van der Waals surface area contributed by atoms with E-state index in [9.17, 15) is 14.0 Å². The zero-order chi connectivity index (χ0) is 21.5. The van der Waals surface area contributed by atoms with Gasteiger partial charge in [0.25, 0.3) is 5.91 Å². The van der Waals surface area contributed by atoms with Gasteiger partial charge in [0.2, 0.25) is 5.91 Å². The lowest BCUT2D eigenvalue weighted by Gasteiger charge is -2.14. The second kappa shape index (κ2) is 9.65. The summed E-state index contributed by atoms with van der Waals surface area (Å²) in [7, 11) is 0. The maximum Gasteiger partial charge on any atom is 0.269 e. The molecule has 1 heterocycles. The summed E-state index contributed by atoms with van der Waals surface area (Å²) < 4.78 is 18.8. The van der Waals surface area contributed by atoms with Gasteiger partial charge in [-0.2, -0.15) is 0 Å². The molecule has 2 amide bonds. The number of carbonyl (C=O) groups excluding carboxylic acids is 2. The molecule has 0 aliphatic rings. The lowest BCUT2D eigenvalue weighted by molar-refractivity contribution is -0.121. The predicted octanol–water partition coefficient (Wildman–Crippen LogP) is 3.42. The fourth-order valence-electron chi connectivity index (χ4n) is 2.98. The van der Waals surface area contributed by atoms with Crippen molar-refractivity contribution < 1.29 is 18.7 Å². The molecule has 0 unspecified atom stereocenters. The molecule has 154 valence electrons. The van der Waals surface area contributed by atoms with Crippen LogP contribution in [0.1, 0.15) is 32.6 Å². The van der Waals surface area contributed by atoms with E-state index in [-0.39, 0.29) is 12.2 Å². The summed E-state index contributed by atoms with van der Waals surface area (Å²) in [6, 6.07) is 12.8. The van der Waals surface area contributed by atoms with Crippen LogP contribution in [0.5, 0.6) is 5.75 Å². The molecule has 0 bridgehead atoms. The Morgan fingerprint density at radius 1 is 1.00 bits per heavy atom. The minimum atomic E-state index is -0.438. The van der Waals surface area contributed by atoms with E-state index in [0.717, 1.165) is 16.7 Å². The van der Waals surface area contributed by atoms with Gasteiger partial charge in [0.05, 0.1) is 6.42 Å². The Bertz CT molecular complexity index is 1010. The van der Waals surface area contributed by atoms with Gasteiger partial charge in [-0.3, -0.25) is 25.4 Å². The summed E-state index contributed by atoms with van der Waals surface area (Å²) in [5.41, 5.74) is 8.38. The normalized spacial score (nSPS) is 10.4. The number of aromatic nitrogens is 1. The molecule has 7 heteroatoms. The second-order valence-electron chi connectivity index (χ2n) is 6.89. The lowest BCUT2D eigenvalue weighted by Crippen LogP contribution is -2.42. The smallest absolute Gasteiger partial charge is 0.269 e. The van der Waals surface area contributed by atoms with Gasteiger partial charge >= 0.3 is 0 Å². The molecule has 1 aromatic heterocycles. The van der Waals surface area contributed by atoms with Crippen LogP contribution in [-0.2, 0) is 17.8 Å². The number of rotatable bonds is 6. The molecule has 0 saturated carbocycles. The van der Waals surface area contributed by atoms with Crippen LogP contribution in [0.2, 0.25) is 0 Å². The van der Waals surface area contributed by atoms with Gasteiger partial charge in [0.1, 0.15) is 18.2 Å². The van der Waals surface area contributed by atoms with Gasteiger partial charge in [-0.25, -0.2) is 4.39 Å². The molecule has 0 fully saturated rings. The van der Waals surface area contributed by atoms with Gasteiger partial charge in [0, 0.05) is 23.5 Å². The SMILES string of the molecule is Cc1cc(C(=O)NNC(=O)Cc2ccc(F)cc2)cc(C)c1OCc1cccnc1. The second-order valence-corrected chi connectivity index (χ2v) is 6.89. The van der Waals surface area contributed by atoms with Crippen LogP contribution in [0.3, 0.4) is 0 Å². The first-order valence-corrected chi connectivity index (χ1v) is 9.39. The molecule has 2 aromatic carbocycles. The number of aryl methyl sites for hydroxylation is 2. The van der Waals surface area contributed by atoms with Crippen LogP contribution >= 0.6 is 0 Å². The molecule has 0 spiro atoms.